The van der Waals surface area contributed by atoms with Crippen molar-refractivity contribution in [3.05, 3.63) is 64.1 Å². The molecule has 0 atom stereocenters. The molecule has 0 radical (unpaired) electrons. The van der Waals surface area contributed by atoms with Crippen molar-refractivity contribution in [2.75, 3.05) is 13.7 Å². The summed E-state index contributed by atoms with van der Waals surface area (Å²) in [5, 5.41) is 0. The normalized spacial score (nSPS) is 15.5. The Balaban J connectivity index is 1.79. The van der Waals surface area contributed by atoms with E-state index in [0.29, 0.717) is 32.8 Å². The number of likely N-dealkylation sites (N-methyl/N-ethyl adjacent to an activating group) is 1. The topological polar surface area (TPSA) is 55.8 Å². The average molecular weight is 456 g/mol. The molecule has 7 heteroatoms. The maximum Gasteiger partial charge on any atom is 0.343 e. The fraction of sp³-hybridized carbons (Fsp3) is 0.292. The first-order valence-electron chi connectivity index (χ1n) is 9.90. The van der Waals surface area contributed by atoms with Crippen molar-refractivity contribution >= 4 is 46.3 Å². The maximum atomic E-state index is 12.6. The predicted molar refractivity (Wildman–Crippen MR) is 129 cm³/mol. The lowest BCUT2D eigenvalue weighted by Gasteiger charge is -2.19. The molecule has 3 rings (SSSR count). The maximum absolute atomic E-state index is 12.6. The zero-order valence-electron chi connectivity index (χ0n) is 18.2. The van der Waals surface area contributed by atoms with Gasteiger partial charge in [-0.2, -0.15) is 0 Å². The third-order valence-electron chi connectivity index (χ3n) is 4.86. The summed E-state index contributed by atoms with van der Waals surface area (Å²) in [6, 6.07) is 12.6. The van der Waals surface area contributed by atoms with Gasteiger partial charge in [0.1, 0.15) is 4.32 Å². The second-order valence-electron chi connectivity index (χ2n) is 8.05. The Morgan fingerprint density at radius 2 is 1.81 bits per heavy atom. The molecule has 2 aromatic carbocycles. The largest absolute Gasteiger partial charge is 0.493 e. The van der Waals surface area contributed by atoms with Gasteiger partial charge in [0.2, 0.25) is 0 Å². The van der Waals surface area contributed by atoms with Crippen LogP contribution in [0.15, 0.2) is 47.4 Å². The number of thiocarbonyl (C=S) groups is 1. The van der Waals surface area contributed by atoms with Gasteiger partial charge in [0.15, 0.2) is 11.5 Å². The van der Waals surface area contributed by atoms with Gasteiger partial charge in [0.05, 0.1) is 17.6 Å². The number of benzene rings is 2. The van der Waals surface area contributed by atoms with E-state index >= 15 is 0 Å². The number of esters is 1. The molecular weight excluding hydrogens is 430 g/mol. The van der Waals surface area contributed by atoms with Crippen LogP contribution in [0.5, 0.6) is 11.5 Å². The molecule has 0 unspecified atom stereocenters. The summed E-state index contributed by atoms with van der Waals surface area (Å²) in [6.07, 6.45) is 1.76. The van der Waals surface area contributed by atoms with Crippen molar-refractivity contribution in [2.45, 2.75) is 33.1 Å². The molecule has 1 heterocycles. The van der Waals surface area contributed by atoms with Gasteiger partial charge in [-0.25, -0.2) is 4.79 Å². The van der Waals surface area contributed by atoms with Crippen molar-refractivity contribution in [2.24, 2.45) is 0 Å². The zero-order chi connectivity index (χ0) is 22.8. The number of nitrogens with zero attached hydrogens (tertiary/aromatic N) is 1. The Morgan fingerprint density at radius 1 is 1.13 bits per heavy atom. The molecule has 0 N–H and O–H groups in total. The summed E-state index contributed by atoms with van der Waals surface area (Å²) in [6.45, 7) is 8.78. The third kappa shape index (κ3) is 5.17. The summed E-state index contributed by atoms with van der Waals surface area (Å²) >= 11 is 6.52. The number of amides is 1. The van der Waals surface area contributed by atoms with Crippen molar-refractivity contribution in [3.8, 4) is 11.5 Å². The van der Waals surface area contributed by atoms with E-state index in [1.807, 2.05) is 19.1 Å². The van der Waals surface area contributed by atoms with Crippen molar-refractivity contribution < 1.29 is 19.1 Å². The van der Waals surface area contributed by atoms with E-state index in [1.165, 1.54) is 18.9 Å². The van der Waals surface area contributed by atoms with Crippen LogP contribution in [0.4, 0.5) is 0 Å². The van der Waals surface area contributed by atoms with Crippen LogP contribution >= 0.6 is 24.0 Å². The van der Waals surface area contributed by atoms with Crippen LogP contribution in [-0.4, -0.2) is 34.8 Å². The minimum atomic E-state index is -0.463. The molecule has 1 amide bonds. The Labute approximate surface area is 192 Å². The summed E-state index contributed by atoms with van der Waals surface area (Å²) in [5.41, 5.74) is 2.36. The molecule has 1 fully saturated rings. The molecule has 0 aromatic heterocycles. The number of methoxy groups -OCH3 is 1. The molecule has 1 aliphatic heterocycles. The van der Waals surface area contributed by atoms with Crippen LogP contribution in [0.1, 0.15) is 49.2 Å². The number of ether oxygens (including phenoxy) is 2. The first-order chi connectivity index (χ1) is 14.6. The monoisotopic (exact) mass is 455 g/mol. The van der Waals surface area contributed by atoms with Crippen LogP contribution in [-0.2, 0) is 10.2 Å². The van der Waals surface area contributed by atoms with E-state index in [4.69, 9.17) is 21.7 Å². The van der Waals surface area contributed by atoms with Crippen LogP contribution in [0, 0.1) is 0 Å². The van der Waals surface area contributed by atoms with Gasteiger partial charge in [-0.3, -0.25) is 9.69 Å². The Morgan fingerprint density at radius 3 is 2.35 bits per heavy atom. The minimum Gasteiger partial charge on any atom is -0.493 e. The van der Waals surface area contributed by atoms with Crippen LogP contribution < -0.4 is 9.47 Å². The molecule has 31 heavy (non-hydrogen) atoms. The van der Waals surface area contributed by atoms with E-state index in [-0.39, 0.29) is 11.3 Å². The SMILES string of the molecule is CCN1C(=O)/C(=C/c2ccc(OC(=O)c3ccc(C(C)(C)C)cc3)c(OC)c2)SC1=S. The van der Waals surface area contributed by atoms with Gasteiger partial charge in [-0.05, 0) is 53.8 Å². The highest BCUT2D eigenvalue weighted by Crippen LogP contribution is 2.35. The van der Waals surface area contributed by atoms with Crippen molar-refractivity contribution in [3.63, 3.8) is 0 Å². The number of carbonyl (C=O) groups is 2. The molecule has 0 spiro atoms. The third-order valence-corrected chi connectivity index (χ3v) is 6.24. The van der Waals surface area contributed by atoms with E-state index in [0.717, 1.165) is 11.1 Å². The molecule has 1 saturated heterocycles. The number of hydrogen-bond donors (Lipinski definition) is 0. The van der Waals surface area contributed by atoms with Crippen LogP contribution in [0.25, 0.3) is 6.08 Å². The second kappa shape index (κ2) is 9.24. The summed E-state index contributed by atoms with van der Waals surface area (Å²) in [5.74, 6) is 0.144. The fourth-order valence-corrected chi connectivity index (χ4v) is 4.43. The Kier molecular flexibility index (Phi) is 6.86. The number of rotatable bonds is 5. The van der Waals surface area contributed by atoms with Crippen LogP contribution in [0.3, 0.4) is 0 Å². The van der Waals surface area contributed by atoms with Crippen molar-refractivity contribution in [1.29, 1.82) is 0 Å². The average Bonchev–Trinajstić information content (AvgIpc) is 3.00. The molecule has 162 valence electrons. The summed E-state index contributed by atoms with van der Waals surface area (Å²) < 4.78 is 11.5. The van der Waals surface area contributed by atoms with E-state index in [2.05, 4.69) is 20.8 Å². The molecule has 1 aliphatic rings. The Hall–Kier alpha value is -2.64. The Bertz CT molecular complexity index is 1050. The smallest absolute Gasteiger partial charge is 0.343 e. The van der Waals surface area contributed by atoms with Gasteiger partial charge in [-0.1, -0.05) is 63.0 Å². The molecule has 0 aliphatic carbocycles. The first-order valence-corrected chi connectivity index (χ1v) is 11.1. The molecule has 2 aromatic rings. The lowest BCUT2D eigenvalue weighted by atomic mass is 9.87. The minimum absolute atomic E-state index is 0.00683. The van der Waals surface area contributed by atoms with E-state index in [9.17, 15) is 9.59 Å². The van der Waals surface area contributed by atoms with Gasteiger partial charge >= 0.3 is 5.97 Å². The summed E-state index contributed by atoms with van der Waals surface area (Å²) in [7, 11) is 1.51. The summed E-state index contributed by atoms with van der Waals surface area (Å²) in [4.78, 5) is 27.1. The highest BCUT2D eigenvalue weighted by molar-refractivity contribution is 8.26. The first kappa shape index (κ1) is 23.0. The lowest BCUT2D eigenvalue weighted by Crippen LogP contribution is -2.27. The van der Waals surface area contributed by atoms with Gasteiger partial charge in [0.25, 0.3) is 5.91 Å². The van der Waals surface area contributed by atoms with Gasteiger partial charge in [0, 0.05) is 6.54 Å². The zero-order valence-corrected chi connectivity index (χ0v) is 19.9. The van der Waals surface area contributed by atoms with E-state index in [1.54, 1.807) is 41.3 Å². The number of hydrogen-bond acceptors (Lipinski definition) is 6. The molecular formula is C24H25NO4S2. The molecule has 5 nitrogen and oxygen atoms in total. The fourth-order valence-electron chi connectivity index (χ4n) is 3.05. The second-order valence-corrected chi connectivity index (χ2v) is 9.73. The highest BCUT2D eigenvalue weighted by Gasteiger charge is 2.30. The van der Waals surface area contributed by atoms with Gasteiger partial charge < -0.3 is 9.47 Å². The van der Waals surface area contributed by atoms with Crippen LogP contribution in [0.2, 0.25) is 0 Å². The van der Waals surface area contributed by atoms with E-state index < -0.39 is 5.97 Å². The standard InChI is InChI=1S/C24H25NO4S2/c1-6-25-21(26)20(31-23(25)30)14-15-7-12-18(19(13-15)28-5)29-22(27)16-8-10-17(11-9-16)24(2,3)4/h7-14H,6H2,1-5H3/b20-14-. The van der Waals surface area contributed by atoms with Crippen molar-refractivity contribution in [1.82, 2.24) is 4.90 Å². The highest BCUT2D eigenvalue weighted by atomic mass is 32.2. The number of thioether (sulfide) groups is 1. The number of carbonyl (C=O) groups excluding carboxylic acids is 2. The van der Waals surface area contributed by atoms with Gasteiger partial charge in [-0.15, -0.1) is 0 Å². The lowest BCUT2D eigenvalue weighted by molar-refractivity contribution is -0.121. The predicted octanol–water partition coefficient (Wildman–Crippen LogP) is 5.43. The quantitative estimate of drug-likeness (QED) is 0.259. The molecule has 0 bridgehead atoms. The molecule has 0 saturated carbocycles.